The van der Waals surface area contributed by atoms with Crippen LogP contribution in [0.4, 0.5) is 34.1 Å². The van der Waals surface area contributed by atoms with Crippen LogP contribution < -0.4 is 25.0 Å². The number of carbonyl (C=O) groups excluding carboxylic acids is 1. The van der Waals surface area contributed by atoms with Gasteiger partial charge in [-0.3, -0.25) is 18.9 Å². The van der Waals surface area contributed by atoms with E-state index in [0.29, 0.717) is 63.1 Å². The Morgan fingerprint density at radius 2 is 1.07 bits per heavy atom. The molecule has 380 valence electrons. The maximum Gasteiger partial charge on any atom is 2.00 e. The molecule has 0 fully saturated rings. The van der Waals surface area contributed by atoms with Gasteiger partial charge in [-0.05, 0) is 110 Å². The monoisotopic (exact) mass is 1120 g/mol. The molecule has 0 aliphatic heterocycles. The van der Waals surface area contributed by atoms with Crippen LogP contribution in [0.25, 0.3) is 21.5 Å². The van der Waals surface area contributed by atoms with Gasteiger partial charge in [-0.25, -0.2) is 0 Å². The van der Waals surface area contributed by atoms with Crippen LogP contribution in [0.5, 0.6) is 23.0 Å². The molecule has 4 N–H and O–H groups in total. The predicted octanol–water partition coefficient (Wildman–Crippen LogP) is 11.8. The number of nitrogens with one attached hydrogen (secondary N) is 1. The van der Waals surface area contributed by atoms with E-state index in [4.69, 9.17) is 32.7 Å². The summed E-state index contributed by atoms with van der Waals surface area (Å²) in [5.41, 5.74) is 0.362. The summed E-state index contributed by atoms with van der Waals surface area (Å²) < 4.78 is 78.2. The summed E-state index contributed by atoms with van der Waals surface area (Å²) in [6.45, 7) is 7.51. The molecule has 0 radical (unpaired) electrons. The van der Waals surface area contributed by atoms with Crippen molar-refractivity contribution in [3.8, 4) is 23.0 Å². The first kappa shape index (κ1) is 57.6. The number of fused-ring (bicyclic) bond motifs is 2. The van der Waals surface area contributed by atoms with Crippen molar-refractivity contribution in [2.45, 2.75) is 37.5 Å². The molecule has 8 aromatic rings. The number of phenols is 1. The molecule has 8 aromatic carbocycles. The number of nitrogens with zero attached hydrogens (tertiary/aromatic N) is 5. The molecule has 0 aromatic heterocycles. The normalized spacial score (nSPS) is 11.9. The maximum atomic E-state index is 13.4. The molecule has 0 aliphatic carbocycles. The Labute approximate surface area is 470 Å². The number of aromatic hydroxyl groups is 1. The third kappa shape index (κ3) is 13.2. The molecule has 0 atom stereocenters. The number of hydrogen-bond donors (Lipinski definition) is 4. The number of benzene rings is 8. The summed E-state index contributed by atoms with van der Waals surface area (Å²) >= 11 is 12.2. The second-order valence-electron chi connectivity index (χ2n) is 15.8. The molecule has 0 heterocycles. The number of ether oxygens (including phenoxy) is 2. The van der Waals surface area contributed by atoms with Crippen LogP contribution >= 0.6 is 23.2 Å². The number of azo groups is 2. The first-order valence-corrected chi connectivity index (χ1v) is 25.7. The van der Waals surface area contributed by atoms with E-state index in [0.717, 1.165) is 0 Å². The van der Waals surface area contributed by atoms with E-state index in [-0.39, 0.29) is 87.3 Å². The largest absolute Gasteiger partial charge is 2.00 e. The van der Waals surface area contributed by atoms with Gasteiger partial charge in [0, 0.05) is 10.8 Å². The van der Waals surface area contributed by atoms with Crippen molar-refractivity contribution in [1.82, 2.24) is 0 Å². The molecule has 75 heavy (non-hydrogen) atoms. The van der Waals surface area contributed by atoms with Gasteiger partial charge in [-0.2, -0.15) is 21.9 Å². The van der Waals surface area contributed by atoms with Gasteiger partial charge in [-0.1, -0.05) is 114 Å². The van der Waals surface area contributed by atoms with Crippen molar-refractivity contribution >= 4 is 149 Å². The van der Waals surface area contributed by atoms with Crippen molar-refractivity contribution < 1.29 is 55.5 Å². The summed E-state index contributed by atoms with van der Waals surface area (Å²) in [4.78, 5) is 16.0. The van der Waals surface area contributed by atoms with Crippen LogP contribution in [0.1, 0.15) is 40.9 Å². The number of carbonyl (C=O) groups is 1. The maximum absolute atomic E-state index is 13.4. The number of aliphatic imine (C=N–C) groups is 1. The Bertz CT molecular complexity index is 3830. The Hall–Kier alpha value is -6.72. The van der Waals surface area contributed by atoms with Gasteiger partial charge in [0.15, 0.2) is 5.75 Å². The fraction of sp³-hybridized carbons (Fsp3) is 0.115. The minimum atomic E-state index is -4.75. The van der Waals surface area contributed by atoms with Gasteiger partial charge in [0.25, 0.3) is 26.1 Å². The molecule has 23 heteroatoms. The number of amides is 1. The Morgan fingerprint density at radius 1 is 0.613 bits per heavy atom. The zero-order chi connectivity index (χ0) is 53.5. The molecule has 0 bridgehead atoms. The number of aryl methyl sites for hydroxylation is 2. The third-order valence-corrected chi connectivity index (χ3v) is 13.9. The minimum Gasteiger partial charge on any atom is -0.871 e. The van der Waals surface area contributed by atoms with E-state index in [1.165, 1.54) is 36.4 Å². The van der Waals surface area contributed by atoms with Crippen LogP contribution in [-0.2, 0) is 20.2 Å². The minimum absolute atomic E-state index is 0. The summed E-state index contributed by atoms with van der Waals surface area (Å²) in [6, 6.07) is 35.7. The first-order chi connectivity index (χ1) is 35.2. The average Bonchev–Trinajstić information content (AvgIpc) is 3.35. The third-order valence-electron chi connectivity index (χ3n) is 10.8. The standard InChI is InChI=1S/2C26H22ClN3O6S.Ca/c2*1-3-36-21-11-7-6-10-19(21)28-26(32)18-14-16-8-4-5-9-17(16)23(24(18)31)30-29-20-13-12-15(2)22(27)25(20)37(33,34)35;/h2*4-14,31H,3H2,1-2H3,(H,28,32)(H,33,34,35);/q;;+2/p-2. The van der Waals surface area contributed by atoms with Gasteiger partial charge in [-0.15, -0.1) is 15.3 Å². The molecule has 8 rings (SSSR count). The molecular weight excluding hydrogens is 1080 g/mol. The summed E-state index contributed by atoms with van der Waals surface area (Å²) in [6.07, 6.45) is 0. The first-order valence-electron chi connectivity index (χ1n) is 22.1. The smallest absolute Gasteiger partial charge is 0.871 e. The number of rotatable bonds is 14. The van der Waals surface area contributed by atoms with Crippen LogP contribution in [0, 0.1) is 13.8 Å². The molecular formula is C52H42CaCl2N6O12S2. The zero-order valence-electron chi connectivity index (χ0n) is 40.1. The molecule has 0 saturated heterocycles. The second-order valence-corrected chi connectivity index (χ2v) is 19.3. The Kier molecular flexibility index (Phi) is 19.0. The topological polar surface area (TPSA) is 284 Å². The van der Waals surface area contributed by atoms with Gasteiger partial charge in [0.05, 0.1) is 40.2 Å². The van der Waals surface area contributed by atoms with Crippen LogP contribution in [-0.4, -0.2) is 93.8 Å². The van der Waals surface area contributed by atoms with Crippen LogP contribution in [0.15, 0.2) is 169 Å². The van der Waals surface area contributed by atoms with Crippen LogP contribution in [0.3, 0.4) is 0 Å². The fourth-order valence-corrected chi connectivity index (χ4v) is 9.77. The fourth-order valence-electron chi connectivity index (χ4n) is 7.34. The van der Waals surface area contributed by atoms with Crippen molar-refractivity contribution in [2.24, 2.45) is 25.4 Å². The number of para-hydroxylation sites is 4. The van der Waals surface area contributed by atoms with E-state index in [1.807, 2.05) is 6.92 Å². The van der Waals surface area contributed by atoms with E-state index < -0.39 is 53.3 Å². The van der Waals surface area contributed by atoms with E-state index in [1.54, 1.807) is 118 Å². The number of anilines is 1. The number of halogens is 2. The second kappa shape index (κ2) is 24.7. The van der Waals surface area contributed by atoms with Crippen molar-refractivity contribution in [3.63, 3.8) is 0 Å². The van der Waals surface area contributed by atoms with Crippen molar-refractivity contribution in [2.75, 3.05) is 18.5 Å². The van der Waals surface area contributed by atoms with Gasteiger partial charge < -0.3 is 30.1 Å². The summed E-state index contributed by atoms with van der Waals surface area (Å²) in [5.74, 6) is -1.80. The van der Waals surface area contributed by atoms with Crippen LogP contribution in [0.2, 0.25) is 10.0 Å². The predicted molar refractivity (Wildman–Crippen MR) is 284 cm³/mol. The molecule has 0 spiro atoms. The Morgan fingerprint density at radius 3 is 1.61 bits per heavy atom. The molecule has 1 amide bonds. The molecule has 0 saturated carbocycles. The summed E-state index contributed by atoms with van der Waals surface area (Å²) in [7, 11) is -9.49. The van der Waals surface area contributed by atoms with Gasteiger partial charge in [0.2, 0.25) is 0 Å². The summed E-state index contributed by atoms with van der Waals surface area (Å²) in [5, 5.41) is 57.8. The SMILES string of the molecule is CCOc1ccccc1N=C([O-])c1cc2ccccc2c(N=Nc2ccc(C)c(Cl)c2S(=O)(=O)O)c1[O-].CCOc1ccccc1NC(=O)c1cc2ccccc2c(N=Nc2ccc(C)c(Cl)c2S(=O)(=O)O)c1O.[Ca+2]. The van der Waals surface area contributed by atoms with E-state index in [9.17, 15) is 46.1 Å². The van der Waals surface area contributed by atoms with E-state index >= 15 is 0 Å². The van der Waals surface area contributed by atoms with Crippen molar-refractivity contribution in [3.05, 3.63) is 166 Å². The van der Waals surface area contributed by atoms with E-state index in [2.05, 4.69) is 30.8 Å². The van der Waals surface area contributed by atoms with Crippen molar-refractivity contribution in [1.29, 1.82) is 0 Å². The average molecular weight is 1120 g/mol. The Balaban J connectivity index is 0.000000241. The van der Waals surface area contributed by atoms with Gasteiger partial charge >= 0.3 is 37.7 Å². The number of phenolic OH excluding ortho intramolecular Hbond substituents is 1. The number of hydrogen-bond acceptors (Lipinski definition) is 15. The zero-order valence-corrected chi connectivity index (χ0v) is 45.5. The quantitative estimate of drug-likeness (QED) is 0.0260. The molecule has 18 nitrogen and oxygen atoms in total. The molecule has 0 aliphatic rings. The van der Waals surface area contributed by atoms with Gasteiger partial charge in [0.1, 0.15) is 44.0 Å². The molecule has 0 unspecified atom stereocenters.